The van der Waals surface area contributed by atoms with Crippen molar-refractivity contribution in [1.29, 1.82) is 0 Å². The van der Waals surface area contributed by atoms with E-state index in [4.69, 9.17) is 26.8 Å². The van der Waals surface area contributed by atoms with Crippen molar-refractivity contribution in [2.75, 3.05) is 6.61 Å². The van der Waals surface area contributed by atoms with E-state index >= 15 is 0 Å². The Morgan fingerprint density at radius 1 is 1.47 bits per heavy atom. The predicted molar refractivity (Wildman–Crippen MR) is 68.4 cm³/mol. The Morgan fingerprint density at radius 2 is 2.29 bits per heavy atom. The molecule has 2 rings (SSSR count). The lowest BCUT2D eigenvalue weighted by molar-refractivity contribution is 0.0263. The molecule has 0 aromatic heterocycles. The van der Waals surface area contributed by atoms with E-state index in [1.807, 2.05) is 18.2 Å². The van der Waals surface area contributed by atoms with E-state index in [0.717, 1.165) is 18.4 Å². The van der Waals surface area contributed by atoms with E-state index in [9.17, 15) is 0 Å². The van der Waals surface area contributed by atoms with Gasteiger partial charge >= 0.3 is 0 Å². The van der Waals surface area contributed by atoms with Gasteiger partial charge in [-0.15, -0.1) is 0 Å². The maximum absolute atomic E-state index is 6.10. The summed E-state index contributed by atoms with van der Waals surface area (Å²) in [7, 11) is 0. The molecule has 94 valence electrons. The first kappa shape index (κ1) is 12.7. The first-order valence-corrected chi connectivity index (χ1v) is 6.34. The van der Waals surface area contributed by atoms with E-state index in [1.165, 1.54) is 0 Å². The molecule has 2 unspecified atom stereocenters. The second kappa shape index (κ2) is 5.71. The van der Waals surface area contributed by atoms with Crippen molar-refractivity contribution in [3.05, 3.63) is 28.8 Å². The largest absolute Gasteiger partial charge is 0.489 e. The van der Waals surface area contributed by atoms with Crippen LogP contribution in [0.3, 0.4) is 0 Å². The lowest BCUT2D eigenvalue weighted by Gasteiger charge is -2.15. The SMILES string of the molecule is CC1CCC(COc2c(Cl)cccc2CN)O1. The van der Waals surface area contributed by atoms with Gasteiger partial charge in [0.1, 0.15) is 12.4 Å². The van der Waals surface area contributed by atoms with Gasteiger partial charge < -0.3 is 15.2 Å². The second-order valence-corrected chi connectivity index (χ2v) is 4.80. The van der Waals surface area contributed by atoms with Gasteiger partial charge in [0.15, 0.2) is 0 Å². The van der Waals surface area contributed by atoms with Crippen molar-refractivity contribution in [1.82, 2.24) is 0 Å². The smallest absolute Gasteiger partial charge is 0.142 e. The van der Waals surface area contributed by atoms with Crippen LogP contribution in [0.5, 0.6) is 5.75 Å². The molecule has 0 saturated carbocycles. The van der Waals surface area contributed by atoms with Crippen LogP contribution in [0.4, 0.5) is 0 Å². The van der Waals surface area contributed by atoms with Crippen molar-refractivity contribution in [3.8, 4) is 5.75 Å². The zero-order valence-electron chi connectivity index (χ0n) is 9.99. The van der Waals surface area contributed by atoms with Gasteiger partial charge in [-0.05, 0) is 25.8 Å². The number of halogens is 1. The van der Waals surface area contributed by atoms with E-state index in [2.05, 4.69) is 6.92 Å². The molecular weight excluding hydrogens is 238 g/mol. The number of para-hydroxylation sites is 1. The molecular formula is C13H18ClNO2. The summed E-state index contributed by atoms with van der Waals surface area (Å²) in [6.45, 7) is 3.06. The predicted octanol–water partition coefficient (Wildman–Crippen LogP) is 2.75. The Morgan fingerprint density at radius 3 is 2.94 bits per heavy atom. The standard InChI is InChI=1S/C13H18ClNO2/c1-9-5-6-11(17-9)8-16-13-10(7-15)3-2-4-12(13)14/h2-4,9,11H,5-8,15H2,1H3. The highest BCUT2D eigenvalue weighted by Crippen LogP contribution is 2.29. The van der Waals surface area contributed by atoms with Crippen molar-refractivity contribution in [3.63, 3.8) is 0 Å². The fourth-order valence-corrected chi connectivity index (χ4v) is 2.31. The van der Waals surface area contributed by atoms with Crippen LogP contribution in [0.15, 0.2) is 18.2 Å². The number of rotatable bonds is 4. The second-order valence-electron chi connectivity index (χ2n) is 4.39. The molecule has 1 aliphatic heterocycles. The summed E-state index contributed by atoms with van der Waals surface area (Å²) in [6.07, 6.45) is 2.65. The van der Waals surface area contributed by atoms with Gasteiger partial charge in [-0.3, -0.25) is 0 Å². The summed E-state index contributed by atoms with van der Waals surface area (Å²) in [5, 5.41) is 0.610. The molecule has 17 heavy (non-hydrogen) atoms. The Bertz CT molecular complexity index is 384. The van der Waals surface area contributed by atoms with Crippen LogP contribution < -0.4 is 10.5 Å². The molecule has 2 atom stereocenters. The first-order valence-electron chi connectivity index (χ1n) is 5.96. The van der Waals surface area contributed by atoms with Crippen LogP contribution in [-0.2, 0) is 11.3 Å². The molecule has 0 bridgehead atoms. The Kier molecular flexibility index (Phi) is 4.26. The molecule has 1 fully saturated rings. The summed E-state index contributed by atoms with van der Waals surface area (Å²) in [4.78, 5) is 0. The average molecular weight is 256 g/mol. The van der Waals surface area contributed by atoms with Gasteiger partial charge in [-0.25, -0.2) is 0 Å². The van der Waals surface area contributed by atoms with Crippen LogP contribution in [-0.4, -0.2) is 18.8 Å². The molecule has 0 amide bonds. The zero-order chi connectivity index (χ0) is 12.3. The fraction of sp³-hybridized carbons (Fsp3) is 0.538. The van der Waals surface area contributed by atoms with Crippen molar-refractivity contribution in [2.24, 2.45) is 5.73 Å². The highest BCUT2D eigenvalue weighted by molar-refractivity contribution is 6.32. The highest BCUT2D eigenvalue weighted by atomic mass is 35.5. The summed E-state index contributed by atoms with van der Waals surface area (Å²) in [5.41, 5.74) is 6.59. The number of nitrogens with two attached hydrogens (primary N) is 1. The van der Waals surface area contributed by atoms with Crippen LogP contribution in [0.25, 0.3) is 0 Å². The Balaban J connectivity index is 1.98. The van der Waals surface area contributed by atoms with E-state index < -0.39 is 0 Å². The Hall–Kier alpha value is -0.770. The van der Waals surface area contributed by atoms with E-state index in [1.54, 1.807) is 0 Å². The summed E-state index contributed by atoms with van der Waals surface area (Å²) in [6, 6.07) is 5.62. The topological polar surface area (TPSA) is 44.5 Å². The molecule has 3 nitrogen and oxygen atoms in total. The van der Waals surface area contributed by atoms with Crippen LogP contribution >= 0.6 is 11.6 Å². The number of hydrogen-bond acceptors (Lipinski definition) is 3. The van der Waals surface area contributed by atoms with Crippen molar-refractivity contribution >= 4 is 11.6 Å². The van der Waals surface area contributed by atoms with Gasteiger partial charge in [-0.1, -0.05) is 23.7 Å². The molecule has 1 heterocycles. The summed E-state index contributed by atoms with van der Waals surface area (Å²) in [5.74, 6) is 0.694. The minimum Gasteiger partial charge on any atom is -0.489 e. The molecule has 1 aromatic rings. The van der Waals surface area contributed by atoms with Crippen molar-refractivity contribution in [2.45, 2.75) is 38.5 Å². The minimum absolute atomic E-state index is 0.173. The third-order valence-corrected chi connectivity index (χ3v) is 3.30. The lowest BCUT2D eigenvalue weighted by Crippen LogP contribution is -2.18. The molecule has 1 aromatic carbocycles. The third kappa shape index (κ3) is 3.12. The molecule has 0 aliphatic carbocycles. The first-order chi connectivity index (χ1) is 8.20. The quantitative estimate of drug-likeness (QED) is 0.900. The minimum atomic E-state index is 0.173. The van der Waals surface area contributed by atoms with Gasteiger partial charge in [0.25, 0.3) is 0 Å². The zero-order valence-corrected chi connectivity index (χ0v) is 10.7. The van der Waals surface area contributed by atoms with Gasteiger partial charge in [-0.2, -0.15) is 0 Å². The van der Waals surface area contributed by atoms with E-state index in [-0.39, 0.29) is 6.10 Å². The number of hydrogen-bond donors (Lipinski definition) is 1. The summed E-state index contributed by atoms with van der Waals surface area (Å²) >= 11 is 6.10. The molecule has 1 aliphatic rings. The van der Waals surface area contributed by atoms with Gasteiger partial charge in [0.05, 0.1) is 17.2 Å². The normalized spacial score (nSPS) is 23.9. The fourth-order valence-electron chi connectivity index (χ4n) is 2.06. The maximum Gasteiger partial charge on any atom is 0.142 e. The molecule has 0 radical (unpaired) electrons. The van der Waals surface area contributed by atoms with Gasteiger partial charge in [0.2, 0.25) is 0 Å². The molecule has 1 saturated heterocycles. The lowest BCUT2D eigenvalue weighted by atomic mass is 10.2. The van der Waals surface area contributed by atoms with Crippen LogP contribution in [0.1, 0.15) is 25.3 Å². The number of ether oxygens (including phenoxy) is 2. The maximum atomic E-state index is 6.10. The number of benzene rings is 1. The van der Waals surface area contributed by atoms with Crippen LogP contribution in [0.2, 0.25) is 5.02 Å². The highest BCUT2D eigenvalue weighted by Gasteiger charge is 2.22. The molecule has 4 heteroatoms. The van der Waals surface area contributed by atoms with Gasteiger partial charge in [0, 0.05) is 12.1 Å². The van der Waals surface area contributed by atoms with Crippen molar-refractivity contribution < 1.29 is 9.47 Å². The third-order valence-electron chi connectivity index (χ3n) is 3.00. The van der Waals surface area contributed by atoms with Crippen LogP contribution in [0, 0.1) is 0 Å². The summed E-state index contributed by atoms with van der Waals surface area (Å²) < 4.78 is 11.5. The molecule has 2 N–H and O–H groups in total. The Labute approximate surface area is 107 Å². The van der Waals surface area contributed by atoms with E-state index in [0.29, 0.717) is 30.0 Å². The monoisotopic (exact) mass is 255 g/mol. The molecule has 0 spiro atoms. The average Bonchev–Trinajstić information content (AvgIpc) is 2.73.